The van der Waals surface area contributed by atoms with Gasteiger partial charge in [0.2, 0.25) is 0 Å². The van der Waals surface area contributed by atoms with Gasteiger partial charge in [-0.3, -0.25) is 0 Å². The molecule has 2 aromatic carbocycles. The van der Waals surface area contributed by atoms with Gasteiger partial charge in [0.1, 0.15) is 0 Å². The molecule has 0 radical (unpaired) electrons. The largest absolute Gasteiger partial charge is 0.379 e. The van der Waals surface area contributed by atoms with Gasteiger partial charge in [-0.2, -0.15) is 0 Å². The van der Waals surface area contributed by atoms with Gasteiger partial charge < -0.3 is 5.32 Å². The number of hydrogen-bond acceptors (Lipinski definition) is 1. The minimum absolute atomic E-state index is 0.833. The molecular formula is C15H15Br2N. The van der Waals surface area contributed by atoms with Gasteiger partial charge in [-0.15, -0.1) is 0 Å². The van der Waals surface area contributed by atoms with Crippen molar-refractivity contribution in [1.82, 2.24) is 0 Å². The van der Waals surface area contributed by atoms with E-state index in [0.29, 0.717) is 0 Å². The minimum atomic E-state index is 0.833. The van der Waals surface area contributed by atoms with Crippen LogP contribution in [0.3, 0.4) is 0 Å². The minimum Gasteiger partial charge on any atom is -0.379 e. The Morgan fingerprint density at radius 1 is 0.889 bits per heavy atom. The second kappa shape index (κ2) is 5.89. The summed E-state index contributed by atoms with van der Waals surface area (Å²) in [5, 5.41) is 3.49. The average molecular weight is 369 g/mol. The van der Waals surface area contributed by atoms with E-state index < -0.39 is 0 Å². The molecule has 1 nitrogen and oxygen atoms in total. The maximum atomic E-state index is 3.57. The molecule has 0 aliphatic rings. The van der Waals surface area contributed by atoms with Crippen molar-refractivity contribution in [3.63, 3.8) is 0 Å². The fourth-order valence-electron chi connectivity index (χ4n) is 1.97. The van der Waals surface area contributed by atoms with Crippen molar-refractivity contribution in [3.05, 3.63) is 62.0 Å². The van der Waals surface area contributed by atoms with Gasteiger partial charge in [0.15, 0.2) is 0 Å². The molecule has 0 aliphatic heterocycles. The van der Waals surface area contributed by atoms with Gasteiger partial charge in [0.05, 0.1) is 5.69 Å². The van der Waals surface area contributed by atoms with E-state index in [-0.39, 0.29) is 0 Å². The van der Waals surface area contributed by atoms with Crippen molar-refractivity contribution in [2.24, 2.45) is 0 Å². The number of para-hydroxylation sites is 1. The molecule has 0 saturated carbocycles. The Kier molecular flexibility index (Phi) is 4.46. The van der Waals surface area contributed by atoms with E-state index in [4.69, 9.17) is 0 Å². The Hall–Kier alpha value is -0.800. The second-order valence-electron chi connectivity index (χ2n) is 4.32. The monoisotopic (exact) mass is 367 g/mol. The number of rotatable bonds is 3. The van der Waals surface area contributed by atoms with E-state index in [1.165, 1.54) is 16.7 Å². The van der Waals surface area contributed by atoms with Crippen LogP contribution >= 0.6 is 31.9 Å². The van der Waals surface area contributed by atoms with Crippen LogP contribution in [0.4, 0.5) is 5.69 Å². The lowest BCUT2D eigenvalue weighted by atomic mass is 10.0. The zero-order valence-corrected chi connectivity index (χ0v) is 13.6. The second-order valence-corrected chi connectivity index (χ2v) is 6.03. The van der Waals surface area contributed by atoms with Crippen LogP contribution < -0.4 is 5.32 Å². The Labute approximate surface area is 125 Å². The highest BCUT2D eigenvalue weighted by molar-refractivity contribution is 9.11. The average Bonchev–Trinajstić information content (AvgIpc) is 2.31. The first-order valence-electron chi connectivity index (χ1n) is 5.82. The maximum Gasteiger partial charge on any atom is 0.0631 e. The summed E-state index contributed by atoms with van der Waals surface area (Å²) < 4.78 is 2.14. The van der Waals surface area contributed by atoms with Crippen molar-refractivity contribution in [2.75, 3.05) is 5.32 Å². The maximum absolute atomic E-state index is 3.57. The SMILES string of the molecule is Cc1cccc(C)c1CNc1c(Br)cccc1Br. The summed E-state index contributed by atoms with van der Waals surface area (Å²) in [4.78, 5) is 0. The molecule has 18 heavy (non-hydrogen) atoms. The fourth-order valence-corrected chi connectivity index (χ4v) is 3.25. The molecule has 3 heteroatoms. The predicted molar refractivity (Wildman–Crippen MR) is 85.1 cm³/mol. The van der Waals surface area contributed by atoms with E-state index in [1.807, 2.05) is 18.2 Å². The van der Waals surface area contributed by atoms with E-state index in [0.717, 1.165) is 21.2 Å². The molecule has 1 N–H and O–H groups in total. The molecule has 0 amide bonds. The lowest BCUT2D eigenvalue weighted by molar-refractivity contribution is 1.08. The molecular weight excluding hydrogens is 354 g/mol. The number of benzene rings is 2. The molecule has 0 saturated heterocycles. The Balaban J connectivity index is 2.22. The summed E-state index contributed by atoms with van der Waals surface area (Å²) >= 11 is 7.13. The number of nitrogens with one attached hydrogen (secondary N) is 1. The molecule has 0 atom stereocenters. The number of halogens is 2. The van der Waals surface area contributed by atoms with E-state index in [1.54, 1.807) is 0 Å². The highest BCUT2D eigenvalue weighted by Crippen LogP contribution is 2.31. The summed E-state index contributed by atoms with van der Waals surface area (Å²) in [5.74, 6) is 0. The molecule has 2 aromatic rings. The lowest BCUT2D eigenvalue weighted by Crippen LogP contribution is -2.04. The smallest absolute Gasteiger partial charge is 0.0631 e. The highest BCUT2D eigenvalue weighted by atomic mass is 79.9. The fraction of sp³-hybridized carbons (Fsp3) is 0.200. The van der Waals surface area contributed by atoms with Crippen LogP contribution in [0, 0.1) is 13.8 Å². The zero-order valence-electron chi connectivity index (χ0n) is 10.4. The number of aryl methyl sites for hydroxylation is 2. The lowest BCUT2D eigenvalue weighted by Gasteiger charge is -2.14. The van der Waals surface area contributed by atoms with Crippen molar-refractivity contribution in [2.45, 2.75) is 20.4 Å². The highest BCUT2D eigenvalue weighted by Gasteiger charge is 2.06. The summed E-state index contributed by atoms with van der Waals surface area (Å²) in [5.41, 5.74) is 5.11. The van der Waals surface area contributed by atoms with Gasteiger partial charge >= 0.3 is 0 Å². The Morgan fingerprint density at radius 3 is 1.94 bits per heavy atom. The van der Waals surface area contributed by atoms with E-state index in [9.17, 15) is 0 Å². The number of hydrogen-bond donors (Lipinski definition) is 1. The van der Waals surface area contributed by atoms with Crippen LogP contribution in [0.15, 0.2) is 45.3 Å². The van der Waals surface area contributed by atoms with E-state index in [2.05, 4.69) is 69.2 Å². The standard InChI is InChI=1S/C15H15Br2N/c1-10-5-3-6-11(2)12(10)9-18-15-13(16)7-4-8-14(15)17/h3-8,18H,9H2,1-2H3. The van der Waals surface area contributed by atoms with Crippen molar-refractivity contribution in [1.29, 1.82) is 0 Å². The predicted octanol–water partition coefficient (Wildman–Crippen LogP) is 5.44. The molecule has 0 aromatic heterocycles. The summed E-state index contributed by atoms with van der Waals surface area (Å²) in [6, 6.07) is 12.5. The zero-order chi connectivity index (χ0) is 13.1. The van der Waals surface area contributed by atoms with Gasteiger partial charge in [0, 0.05) is 15.5 Å². The van der Waals surface area contributed by atoms with Gasteiger partial charge in [-0.05, 0) is 74.5 Å². The van der Waals surface area contributed by atoms with Crippen molar-refractivity contribution >= 4 is 37.5 Å². The van der Waals surface area contributed by atoms with Crippen LogP contribution in [0.1, 0.15) is 16.7 Å². The summed E-state index contributed by atoms with van der Waals surface area (Å²) in [6.07, 6.45) is 0. The molecule has 0 heterocycles. The van der Waals surface area contributed by atoms with Crippen LogP contribution in [-0.2, 0) is 6.54 Å². The summed E-state index contributed by atoms with van der Waals surface area (Å²) in [7, 11) is 0. The van der Waals surface area contributed by atoms with Crippen LogP contribution in [0.5, 0.6) is 0 Å². The third-order valence-electron chi connectivity index (χ3n) is 3.05. The molecule has 0 aliphatic carbocycles. The van der Waals surface area contributed by atoms with Crippen LogP contribution in [0.2, 0.25) is 0 Å². The van der Waals surface area contributed by atoms with Crippen LogP contribution in [0.25, 0.3) is 0 Å². The van der Waals surface area contributed by atoms with Crippen LogP contribution in [-0.4, -0.2) is 0 Å². The first-order chi connectivity index (χ1) is 8.59. The molecule has 0 fully saturated rings. The topological polar surface area (TPSA) is 12.0 Å². The molecule has 0 bridgehead atoms. The molecule has 0 unspecified atom stereocenters. The van der Waals surface area contributed by atoms with Gasteiger partial charge in [-0.25, -0.2) is 0 Å². The van der Waals surface area contributed by atoms with Gasteiger partial charge in [0.25, 0.3) is 0 Å². The number of anilines is 1. The third-order valence-corrected chi connectivity index (χ3v) is 4.37. The third kappa shape index (κ3) is 2.96. The van der Waals surface area contributed by atoms with Gasteiger partial charge in [-0.1, -0.05) is 24.3 Å². The quantitative estimate of drug-likeness (QED) is 0.760. The Morgan fingerprint density at radius 2 is 1.39 bits per heavy atom. The molecule has 94 valence electrons. The first-order valence-corrected chi connectivity index (χ1v) is 7.41. The first kappa shape index (κ1) is 13.6. The van der Waals surface area contributed by atoms with Crippen molar-refractivity contribution < 1.29 is 0 Å². The molecule has 0 spiro atoms. The summed E-state index contributed by atoms with van der Waals surface area (Å²) in [6.45, 7) is 5.14. The van der Waals surface area contributed by atoms with Crippen molar-refractivity contribution in [3.8, 4) is 0 Å². The normalized spacial score (nSPS) is 10.4. The van der Waals surface area contributed by atoms with E-state index >= 15 is 0 Å². The molecule has 2 rings (SSSR count). The Bertz CT molecular complexity index is 472.